The summed E-state index contributed by atoms with van der Waals surface area (Å²) in [5.74, 6) is -2.09. The van der Waals surface area contributed by atoms with Gasteiger partial charge in [0.05, 0.1) is 37.1 Å². The Morgan fingerprint density at radius 2 is 1.92 bits per heavy atom. The molecule has 0 unspecified atom stereocenters. The van der Waals surface area contributed by atoms with Crippen LogP contribution < -0.4 is 25.4 Å². The van der Waals surface area contributed by atoms with Crippen molar-refractivity contribution in [1.82, 2.24) is 25.2 Å². The summed E-state index contributed by atoms with van der Waals surface area (Å²) in [6.07, 6.45) is -1.79. The number of nitrogens with zero attached hydrogens (tertiary/aromatic N) is 5. The number of pyridine rings is 1. The first-order chi connectivity index (χ1) is 22.8. The molecule has 6 heterocycles. The van der Waals surface area contributed by atoms with Crippen molar-refractivity contribution in [3.8, 4) is 23.1 Å². The maximum absolute atomic E-state index is 16.8. The van der Waals surface area contributed by atoms with Gasteiger partial charge in [0.2, 0.25) is 5.88 Å². The van der Waals surface area contributed by atoms with Gasteiger partial charge in [-0.3, -0.25) is 4.90 Å². The first kappa shape index (κ1) is 31.7. The molecule has 1 aromatic carbocycles. The van der Waals surface area contributed by atoms with Crippen molar-refractivity contribution < 1.29 is 36.2 Å². The third-order valence-corrected chi connectivity index (χ3v) is 10.8. The molecule has 5 aliphatic rings. The second-order valence-corrected chi connectivity index (χ2v) is 14.2. The molecule has 4 fully saturated rings. The van der Waals surface area contributed by atoms with Crippen LogP contribution >= 0.6 is 0 Å². The van der Waals surface area contributed by atoms with E-state index in [0.29, 0.717) is 32.2 Å². The van der Waals surface area contributed by atoms with Crippen molar-refractivity contribution in [3.05, 3.63) is 28.8 Å². The minimum atomic E-state index is -5.04. The quantitative estimate of drug-likeness (QED) is 0.278. The first-order valence-corrected chi connectivity index (χ1v) is 16.5. The van der Waals surface area contributed by atoms with E-state index in [4.69, 9.17) is 24.9 Å². The molecule has 4 aliphatic heterocycles. The van der Waals surface area contributed by atoms with E-state index < -0.39 is 52.0 Å². The number of morpholine rings is 1. The molecule has 5 atom stereocenters. The normalized spacial score (nSPS) is 27.8. The number of ether oxygens (including phenoxy) is 3. The number of nitrogen functional groups attached to an aromatic ring is 1. The van der Waals surface area contributed by atoms with E-state index in [-0.39, 0.29) is 52.4 Å². The molecule has 3 N–H and O–H groups in total. The lowest BCUT2D eigenvalue weighted by molar-refractivity contribution is -0.137. The van der Waals surface area contributed by atoms with Gasteiger partial charge < -0.3 is 30.2 Å². The van der Waals surface area contributed by atoms with E-state index in [2.05, 4.69) is 32.0 Å². The minimum absolute atomic E-state index is 0.0494. The molecule has 2 aromatic heterocycles. The van der Waals surface area contributed by atoms with Crippen LogP contribution in [-0.4, -0.2) is 89.6 Å². The Bertz CT molecular complexity index is 1790. The summed E-state index contributed by atoms with van der Waals surface area (Å²) in [7, 11) is 0. The smallest absolute Gasteiger partial charge is 0.417 e. The van der Waals surface area contributed by atoms with Crippen molar-refractivity contribution in [3.63, 3.8) is 0 Å². The van der Waals surface area contributed by atoms with Crippen LogP contribution in [0.4, 0.5) is 33.5 Å². The van der Waals surface area contributed by atoms with Crippen LogP contribution in [0.1, 0.15) is 50.7 Å². The molecular formula is C33H38F5N7O3. The summed E-state index contributed by atoms with van der Waals surface area (Å²) >= 11 is 0. The predicted molar refractivity (Wildman–Crippen MR) is 167 cm³/mol. The molecule has 0 amide bonds. The highest BCUT2D eigenvalue weighted by atomic mass is 19.4. The number of aromatic nitrogens is 3. The van der Waals surface area contributed by atoms with Crippen LogP contribution in [0.25, 0.3) is 22.2 Å². The van der Waals surface area contributed by atoms with Gasteiger partial charge in [0.15, 0.2) is 5.82 Å². The number of halogens is 5. The number of piperazine rings is 1. The number of rotatable bonds is 6. The van der Waals surface area contributed by atoms with Gasteiger partial charge in [0, 0.05) is 48.7 Å². The monoisotopic (exact) mass is 675 g/mol. The minimum Gasteiger partial charge on any atom is -0.472 e. The molecule has 0 radical (unpaired) electrons. The standard InChI is InChI=1S/C33H38F5N7O3/c1-15-12-46-9-8-44(15)13-32(6-7-32)14-47-31-42-27-22-29(43-31)45-11-18-4-5-21(40-18)28(45)17(3)48-30(22)41-26(25(27)35)19-10-20(39)24(34)16(2)23(19)33(36,37)38/h10,15,17-18,21,28,40H,4-9,11-14,39H2,1-3H3/t15-,17+,18-,21+,28-/m1/s1. The summed E-state index contributed by atoms with van der Waals surface area (Å²) in [6.45, 7) is 8.76. The zero-order valence-electron chi connectivity index (χ0n) is 27.0. The first-order valence-electron chi connectivity index (χ1n) is 16.5. The summed E-state index contributed by atoms with van der Waals surface area (Å²) in [5, 5.41) is 3.78. The summed E-state index contributed by atoms with van der Waals surface area (Å²) in [4.78, 5) is 18.1. The molecule has 15 heteroatoms. The van der Waals surface area contributed by atoms with Crippen molar-refractivity contribution in [2.45, 2.75) is 82.9 Å². The van der Waals surface area contributed by atoms with E-state index in [1.165, 1.54) is 0 Å². The molecule has 2 bridgehead atoms. The fourth-order valence-corrected chi connectivity index (χ4v) is 8.07. The molecule has 3 saturated heterocycles. The Labute approximate surface area is 274 Å². The summed E-state index contributed by atoms with van der Waals surface area (Å²) in [5.41, 5.74) is 1.31. The van der Waals surface area contributed by atoms with E-state index >= 15 is 4.39 Å². The third-order valence-electron chi connectivity index (χ3n) is 10.8. The Morgan fingerprint density at radius 1 is 1.12 bits per heavy atom. The number of alkyl halides is 3. The fourth-order valence-electron chi connectivity index (χ4n) is 8.07. The van der Waals surface area contributed by atoms with Gasteiger partial charge in [-0.15, -0.1) is 0 Å². The van der Waals surface area contributed by atoms with Gasteiger partial charge in [-0.05, 0) is 58.1 Å². The van der Waals surface area contributed by atoms with Gasteiger partial charge in [-0.1, -0.05) is 0 Å². The predicted octanol–water partition coefficient (Wildman–Crippen LogP) is 4.85. The molecule has 8 rings (SSSR count). The van der Waals surface area contributed by atoms with Crippen LogP contribution in [0.5, 0.6) is 11.9 Å². The van der Waals surface area contributed by atoms with Crippen LogP contribution in [-0.2, 0) is 10.9 Å². The zero-order chi connectivity index (χ0) is 33.7. The molecule has 3 aromatic rings. The third kappa shape index (κ3) is 5.20. The average Bonchev–Trinajstić information content (AvgIpc) is 3.73. The number of anilines is 2. The number of benzene rings is 1. The lowest BCUT2D eigenvalue weighted by Crippen LogP contribution is -2.62. The van der Waals surface area contributed by atoms with Crippen LogP contribution in [0.15, 0.2) is 6.07 Å². The molecule has 0 spiro atoms. The molecule has 48 heavy (non-hydrogen) atoms. The zero-order valence-corrected chi connectivity index (χ0v) is 27.0. The van der Waals surface area contributed by atoms with Crippen molar-refractivity contribution in [2.24, 2.45) is 5.41 Å². The molecule has 10 nitrogen and oxygen atoms in total. The number of hydrogen-bond acceptors (Lipinski definition) is 10. The average molecular weight is 676 g/mol. The van der Waals surface area contributed by atoms with Crippen LogP contribution in [0.3, 0.4) is 0 Å². The van der Waals surface area contributed by atoms with Crippen molar-refractivity contribution in [1.29, 1.82) is 0 Å². The summed E-state index contributed by atoms with van der Waals surface area (Å²) < 4.78 is 93.1. The molecular weight excluding hydrogens is 637 g/mol. The second kappa shape index (κ2) is 11.2. The van der Waals surface area contributed by atoms with E-state index in [1.807, 2.05) is 6.92 Å². The van der Waals surface area contributed by atoms with E-state index in [9.17, 15) is 17.6 Å². The highest BCUT2D eigenvalue weighted by molar-refractivity contribution is 5.97. The van der Waals surface area contributed by atoms with Crippen molar-refractivity contribution in [2.75, 3.05) is 50.1 Å². The highest BCUT2D eigenvalue weighted by Crippen LogP contribution is 2.49. The highest BCUT2D eigenvalue weighted by Gasteiger charge is 2.49. The second-order valence-electron chi connectivity index (χ2n) is 14.2. The van der Waals surface area contributed by atoms with Gasteiger partial charge in [-0.2, -0.15) is 23.1 Å². The fraction of sp³-hybridized carbons (Fsp3) is 0.606. The number of fused-ring (bicyclic) bond motifs is 5. The summed E-state index contributed by atoms with van der Waals surface area (Å²) in [6, 6.07) is 0.968. The molecule has 258 valence electrons. The maximum Gasteiger partial charge on any atom is 0.417 e. The largest absolute Gasteiger partial charge is 0.472 e. The van der Waals surface area contributed by atoms with Crippen LogP contribution in [0.2, 0.25) is 0 Å². The topological polar surface area (TPSA) is 111 Å². The Morgan fingerprint density at radius 3 is 2.65 bits per heavy atom. The van der Waals surface area contributed by atoms with Gasteiger partial charge in [0.25, 0.3) is 0 Å². The number of hydrogen-bond donors (Lipinski definition) is 2. The maximum atomic E-state index is 16.8. The SMILES string of the molecule is Cc1c(F)c(N)cc(-c2nc3c4c(nc(OCC5(CN6CCOC[C@H]6C)CC5)nc4c2F)N2C[C@H]4CC[C@H](N4)[C@H]2[C@H](C)O3)c1C(F)(F)F. The lowest BCUT2D eigenvalue weighted by atomic mass is 9.96. The van der Waals surface area contributed by atoms with Gasteiger partial charge in [0.1, 0.15) is 34.3 Å². The van der Waals surface area contributed by atoms with E-state index in [0.717, 1.165) is 51.8 Å². The van der Waals surface area contributed by atoms with Gasteiger partial charge >= 0.3 is 12.2 Å². The molecule has 1 saturated carbocycles. The van der Waals surface area contributed by atoms with Crippen LogP contribution in [0, 0.1) is 24.0 Å². The number of nitrogens with one attached hydrogen (secondary N) is 1. The number of nitrogens with two attached hydrogens (primary N) is 1. The Kier molecular flexibility index (Phi) is 7.42. The molecule has 1 aliphatic carbocycles. The lowest BCUT2D eigenvalue weighted by Gasteiger charge is -2.42. The Balaban J connectivity index is 1.27. The van der Waals surface area contributed by atoms with E-state index in [1.54, 1.807) is 0 Å². The van der Waals surface area contributed by atoms with Crippen molar-refractivity contribution >= 4 is 22.4 Å². The van der Waals surface area contributed by atoms with Gasteiger partial charge in [-0.25, -0.2) is 13.8 Å². The Hall–Kier alpha value is -3.56.